The molecule has 1 aromatic carbocycles. The first-order valence-corrected chi connectivity index (χ1v) is 11.6. The lowest BCUT2D eigenvalue weighted by Gasteiger charge is -2.50. The highest BCUT2D eigenvalue weighted by Crippen LogP contribution is 2.60. The molecule has 7 nitrogen and oxygen atoms in total. The van der Waals surface area contributed by atoms with Crippen molar-refractivity contribution in [3.05, 3.63) is 29.3 Å². The molecule has 5 N–H and O–H groups in total. The summed E-state index contributed by atoms with van der Waals surface area (Å²) in [5, 5.41) is 50.1. The minimum absolute atomic E-state index is 0.0603. The number of hydrogen-bond donors (Lipinski definition) is 5. The molecule has 1 saturated heterocycles. The molecular weight excluding hydrogens is 400 g/mol. The zero-order valence-electron chi connectivity index (χ0n) is 17.9. The standard InChI is InChI=1S/C24H34O7/c1-24-9-8-15-14-5-3-13(30-23-22(29)21(28)20(27)18(11-25)31-23)10-12(14)2-4-16(15)17(24)6-7-19(24)26/h3,5,10,15-23,25-29H,2,4,6-9,11H2,1H3/t15-,16-,17+,18-,19+,20-,21+,22-,23-,24?/m1/s1. The number of hydrogen-bond acceptors (Lipinski definition) is 7. The molecule has 7 heteroatoms. The first-order chi connectivity index (χ1) is 14.8. The molecule has 0 amide bonds. The second-order valence-corrected chi connectivity index (χ2v) is 10.2. The first kappa shape index (κ1) is 21.6. The van der Waals surface area contributed by atoms with Gasteiger partial charge in [0.25, 0.3) is 0 Å². The van der Waals surface area contributed by atoms with E-state index in [0.717, 1.165) is 38.5 Å². The van der Waals surface area contributed by atoms with Crippen molar-refractivity contribution in [2.24, 2.45) is 17.3 Å². The average molecular weight is 435 g/mol. The third kappa shape index (κ3) is 3.41. The molecule has 1 aromatic rings. The maximum Gasteiger partial charge on any atom is 0.229 e. The van der Waals surface area contributed by atoms with Crippen LogP contribution in [0.3, 0.4) is 0 Å². The van der Waals surface area contributed by atoms with E-state index >= 15 is 0 Å². The monoisotopic (exact) mass is 434 g/mol. The fourth-order valence-electron chi connectivity index (χ4n) is 6.90. The minimum Gasteiger partial charge on any atom is -0.462 e. The minimum atomic E-state index is -1.45. The molecule has 3 aliphatic carbocycles. The van der Waals surface area contributed by atoms with Gasteiger partial charge in [0.2, 0.25) is 6.29 Å². The summed E-state index contributed by atoms with van der Waals surface area (Å²) >= 11 is 0. The Kier molecular flexibility index (Phi) is 5.56. The smallest absolute Gasteiger partial charge is 0.229 e. The zero-order valence-corrected chi connectivity index (χ0v) is 17.9. The summed E-state index contributed by atoms with van der Waals surface area (Å²) in [6.45, 7) is 1.80. The van der Waals surface area contributed by atoms with Crippen molar-refractivity contribution in [3.8, 4) is 5.75 Å². The number of aliphatic hydroxyl groups is 5. The number of aliphatic hydroxyl groups excluding tert-OH is 5. The predicted octanol–water partition coefficient (Wildman–Crippen LogP) is 1.08. The normalized spacial score (nSPS) is 46.7. The van der Waals surface area contributed by atoms with Crippen LogP contribution in [-0.2, 0) is 11.2 Å². The van der Waals surface area contributed by atoms with Crippen molar-refractivity contribution in [2.45, 2.75) is 88.2 Å². The van der Waals surface area contributed by atoms with Crippen molar-refractivity contribution in [1.29, 1.82) is 0 Å². The molecule has 3 fully saturated rings. The van der Waals surface area contributed by atoms with E-state index in [1.165, 1.54) is 11.1 Å². The quantitative estimate of drug-likeness (QED) is 0.483. The van der Waals surface area contributed by atoms with E-state index in [1.54, 1.807) is 0 Å². The molecular formula is C24H34O7. The summed E-state index contributed by atoms with van der Waals surface area (Å²) in [7, 11) is 0. The van der Waals surface area contributed by atoms with E-state index in [2.05, 4.69) is 13.0 Å². The molecule has 1 heterocycles. The lowest BCUT2D eigenvalue weighted by atomic mass is 9.55. The summed E-state index contributed by atoms with van der Waals surface area (Å²) in [6.07, 6.45) is -0.344. The summed E-state index contributed by atoms with van der Waals surface area (Å²) < 4.78 is 11.3. The van der Waals surface area contributed by atoms with E-state index in [-0.39, 0.29) is 11.5 Å². The van der Waals surface area contributed by atoms with Gasteiger partial charge in [-0.05, 0) is 85.0 Å². The van der Waals surface area contributed by atoms with Crippen LogP contribution in [0.1, 0.15) is 56.1 Å². The molecule has 0 bridgehead atoms. The van der Waals surface area contributed by atoms with Crippen molar-refractivity contribution in [2.75, 3.05) is 6.61 Å². The molecule has 0 radical (unpaired) electrons. The van der Waals surface area contributed by atoms with Crippen LogP contribution in [0.4, 0.5) is 0 Å². The summed E-state index contributed by atoms with van der Waals surface area (Å²) in [6, 6.07) is 5.98. The van der Waals surface area contributed by atoms with Gasteiger partial charge in [-0.2, -0.15) is 0 Å². The van der Waals surface area contributed by atoms with Gasteiger partial charge in [-0.3, -0.25) is 0 Å². The van der Waals surface area contributed by atoms with Gasteiger partial charge in [0, 0.05) is 0 Å². The van der Waals surface area contributed by atoms with Gasteiger partial charge in [0.05, 0.1) is 12.7 Å². The lowest BCUT2D eigenvalue weighted by molar-refractivity contribution is -0.277. The van der Waals surface area contributed by atoms with Gasteiger partial charge < -0.3 is 35.0 Å². The van der Waals surface area contributed by atoms with Crippen LogP contribution in [0, 0.1) is 17.3 Å². The Morgan fingerprint density at radius 3 is 2.61 bits per heavy atom. The molecule has 10 atom stereocenters. The van der Waals surface area contributed by atoms with Crippen LogP contribution in [0.25, 0.3) is 0 Å². The Morgan fingerprint density at radius 1 is 1.03 bits per heavy atom. The Morgan fingerprint density at radius 2 is 1.84 bits per heavy atom. The van der Waals surface area contributed by atoms with E-state index in [0.29, 0.717) is 23.5 Å². The van der Waals surface area contributed by atoms with Crippen LogP contribution in [0.15, 0.2) is 18.2 Å². The molecule has 4 aliphatic rings. The SMILES string of the molecule is CC12CC[C@@H]3c4ccc(O[C@@H]5O[C@H](CO)[C@@H](O)[C@H](O)[C@H]5O)cc4CC[C@H]3[C@@H]1CC[C@@H]2O. The van der Waals surface area contributed by atoms with E-state index < -0.39 is 37.3 Å². The summed E-state index contributed by atoms with van der Waals surface area (Å²) in [5.74, 6) is 2.24. The van der Waals surface area contributed by atoms with Gasteiger partial charge in [-0.15, -0.1) is 0 Å². The van der Waals surface area contributed by atoms with Crippen molar-refractivity contribution in [3.63, 3.8) is 0 Å². The Hall–Kier alpha value is -1.22. The van der Waals surface area contributed by atoms with Crippen LogP contribution in [0.5, 0.6) is 5.75 Å². The average Bonchev–Trinajstić information content (AvgIpc) is 3.08. The van der Waals surface area contributed by atoms with Gasteiger partial charge in [-0.1, -0.05) is 13.0 Å². The van der Waals surface area contributed by atoms with Crippen LogP contribution < -0.4 is 4.74 Å². The maximum absolute atomic E-state index is 10.6. The zero-order chi connectivity index (χ0) is 21.9. The molecule has 0 aromatic heterocycles. The fourth-order valence-corrected chi connectivity index (χ4v) is 6.90. The second kappa shape index (κ2) is 7.97. The molecule has 5 rings (SSSR count). The third-order valence-electron chi connectivity index (χ3n) is 8.75. The van der Waals surface area contributed by atoms with Crippen LogP contribution in [-0.4, -0.2) is 68.9 Å². The predicted molar refractivity (Wildman–Crippen MR) is 111 cm³/mol. The fraction of sp³-hybridized carbons (Fsp3) is 0.750. The van der Waals surface area contributed by atoms with Crippen LogP contribution >= 0.6 is 0 Å². The second-order valence-electron chi connectivity index (χ2n) is 10.2. The Bertz CT molecular complexity index is 813. The lowest BCUT2D eigenvalue weighted by Crippen LogP contribution is -2.60. The molecule has 2 saturated carbocycles. The van der Waals surface area contributed by atoms with Crippen LogP contribution in [0.2, 0.25) is 0 Å². The third-order valence-corrected chi connectivity index (χ3v) is 8.75. The molecule has 1 aliphatic heterocycles. The van der Waals surface area contributed by atoms with E-state index in [1.807, 2.05) is 12.1 Å². The first-order valence-electron chi connectivity index (χ1n) is 11.6. The number of benzene rings is 1. The molecule has 172 valence electrons. The highest BCUT2D eigenvalue weighted by molar-refractivity contribution is 5.41. The summed E-state index contributed by atoms with van der Waals surface area (Å²) in [4.78, 5) is 0. The number of rotatable bonds is 3. The van der Waals surface area contributed by atoms with Gasteiger partial charge in [0.15, 0.2) is 0 Å². The molecule has 31 heavy (non-hydrogen) atoms. The van der Waals surface area contributed by atoms with E-state index in [9.17, 15) is 25.5 Å². The highest BCUT2D eigenvalue weighted by Gasteiger charge is 2.54. The van der Waals surface area contributed by atoms with Crippen molar-refractivity contribution in [1.82, 2.24) is 0 Å². The molecule has 1 unspecified atom stereocenters. The maximum atomic E-state index is 10.6. The Labute approximate surface area is 182 Å². The number of ether oxygens (including phenoxy) is 2. The largest absolute Gasteiger partial charge is 0.462 e. The Balaban J connectivity index is 1.34. The summed E-state index contributed by atoms with van der Waals surface area (Å²) in [5.41, 5.74) is 2.66. The van der Waals surface area contributed by atoms with Gasteiger partial charge >= 0.3 is 0 Å². The number of aryl methyl sites for hydroxylation is 1. The topological polar surface area (TPSA) is 120 Å². The van der Waals surface area contributed by atoms with Gasteiger partial charge in [-0.25, -0.2) is 0 Å². The number of fused-ring (bicyclic) bond motifs is 5. The van der Waals surface area contributed by atoms with Crippen molar-refractivity contribution >= 4 is 0 Å². The highest BCUT2D eigenvalue weighted by atomic mass is 16.7. The molecule has 0 spiro atoms. The van der Waals surface area contributed by atoms with Gasteiger partial charge in [0.1, 0.15) is 30.2 Å². The van der Waals surface area contributed by atoms with Crippen molar-refractivity contribution < 1.29 is 35.0 Å². The van der Waals surface area contributed by atoms with E-state index in [4.69, 9.17) is 9.47 Å².